The van der Waals surface area contributed by atoms with Gasteiger partial charge in [-0.15, -0.1) is 0 Å². The van der Waals surface area contributed by atoms with Gasteiger partial charge in [0.2, 0.25) is 5.91 Å². The van der Waals surface area contributed by atoms with Crippen molar-refractivity contribution < 1.29 is 9.53 Å². The van der Waals surface area contributed by atoms with Gasteiger partial charge in [-0.05, 0) is 44.4 Å². The molecule has 2 aromatic heterocycles. The molecule has 1 aliphatic rings. The number of hydrogen-bond acceptors (Lipinski definition) is 5. The number of ether oxygens (including phenoxy) is 1. The van der Waals surface area contributed by atoms with Crippen molar-refractivity contribution in [3.63, 3.8) is 0 Å². The van der Waals surface area contributed by atoms with Crippen LogP contribution in [0.3, 0.4) is 0 Å². The number of halogens is 1. The summed E-state index contributed by atoms with van der Waals surface area (Å²) in [5.74, 6) is 1.54. The number of nitrogens with zero attached hydrogens (tertiary/aromatic N) is 3. The van der Waals surface area contributed by atoms with Crippen LogP contribution < -0.4 is 10.1 Å². The second-order valence-corrected chi connectivity index (χ2v) is 8.15. The van der Waals surface area contributed by atoms with Crippen molar-refractivity contribution in [1.29, 1.82) is 0 Å². The molecule has 30 heavy (non-hydrogen) atoms. The molecule has 0 unspecified atom stereocenters. The van der Waals surface area contributed by atoms with Gasteiger partial charge in [-0.25, -0.2) is 15.0 Å². The van der Waals surface area contributed by atoms with E-state index < -0.39 is 5.41 Å². The first-order chi connectivity index (χ1) is 14.4. The van der Waals surface area contributed by atoms with E-state index in [9.17, 15) is 4.79 Å². The van der Waals surface area contributed by atoms with Crippen LogP contribution in [-0.2, 0) is 10.2 Å². The van der Waals surface area contributed by atoms with Gasteiger partial charge in [-0.2, -0.15) is 0 Å². The maximum atomic E-state index is 13.0. The first-order valence-corrected chi connectivity index (χ1v) is 10.2. The van der Waals surface area contributed by atoms with Crippen LogP contribution in [0.25, 0.3) is 0 Å². The van der Waals surface area contributed by atoms with Crippen molar-refractivity contribution in [2.75, 3.05) is 11.9 Å². The molecule has 3 aromatic rings. The topological polar surface area (TPSA) is 77.0 Å². The number of aromatic nitrogens is 3. The monoisotopic (exact) mass is 422 g/mol. The molecule has 7 heteroatoms. The molecular formula is C23H23ClN4O2. The number of anilines is 1. The molecule has 0 saturated heterocycles. The van der Waals surface area contributed by atoms with Crippen LogP contribution in [-0.4, -0.2) is 27.5 Å². The Kier molecular flexibility index (Phi) is 5.43. The zero-order chi connectivity index (χ0) is 21.3. The summed E-state index contributed by atoms with van der Waals surface area (Å²) in [4.78, 5) is 25.8. The molecule has 1 fully saturated rings. The minimum atomic E-state index is -0.399. The smallest absolute Gasteiger partial charge is 0.229 e. The molecule has 154 valence electrons. The predicted octanol–water partition coefficient (Wildman–Crippen LogP) is 4.43. The number of carbonyl (C=O) groups excluding carboxylic acids is 1. The van der Waals surface area contributed by atoms with E-state index in [1.165, 1.54) is 0 Å². The normalized spacial score (nSPS) is 19.9. The third-order valence-corrected chi connectivity index (χ3v) is 5.97. The summed E-state index contributed by atoms with van der Waals surface area (Å²) in [5, 5.41) is 3.50. The third kappa shape index (κ3) is 4.00. The maximum absolute atomic E-state index is 13.0. The Balaban J connectivity index is 1.54. The number of amides is 1. The number of hydrogen-bond donors (Lipinski definition) is 1. The Labute approximate surface area is 180 Å². The average Bonchev–Trinajstić information content (AvgIpc) is 3.47. The molecule has 0 radical (unpaired) electrons. The molecular weight excluding hydrogens is 400 g/mol. The van der Waals surface area contributed by atoms with E-state index in [1.54, 1.807) is 18.5 Å². The molecule has 0 spiro atoms. The van der Waals surface area contributed by atoms with Gasteiger partial charge in [-0.1, -0.05) is 41.9 Å². The molecule has 0 bridgehead atoms. The molecule has 1 N–H and O–H groups in total. The Morgan fingerprint density at radius 1 is 1.20 bits per heavy atom. The van der Waals surface area contributed by atoms with Crippen LogP contribution in [0.4, 0.5) is 5.82 Å². The lowest BCUT2D eigenvalue weighted by Gasteiger charge is -2.19. The summed E-state index contributed by atoms with van der Waals surface area (Å²) < 4.78 is 6.10. The Morgan fingerprint density at radius 2 is 1.97 bits per heavy atom. The van der Waals surface area contributed by atoms with Crippen LogP contribution >= 0.6 is 11.6 Å². The third-order valence-electron chi connectivity index (χ3n) is 5.58. The van der Waals surface area contributed by atoms with Gasteiger partial charge in [0, 0.05) is 11.6 Å². The Bertz CT molecular complexity index is 1090. The first kappa shape index (κ1) is 20.3. The number of aryl methyl sites for hydroxylation is 3. The van der Waals surface area contributed by atoms with Gasteiger partial charge in [0.1, 0.15) is 11.6 Å². The van der Waals surface area contributed by atoms with Crippen LogP contribution in [0, 0.1) is 26.7 Å². The predicted molar refractivity (Wildman–Crippen MR) is 116 cm³/mol. The Morgan fingerprint density at radius 3 is 2.67 bits per heavy atom. The van der Waals surface area contributed by atoms with Gasteiger partial charge < -0.3 is 10.1 Å². The molecule has 1 saturated carbocycles. The van der Waals surface area contributed by atoms with E-state index in [0.717, 1.165) is 16.8 Å². The highest BCUT2D eigenvalue weighted by Crippen LogP contribution is 2.55. The van der Waals surface area contributed by atoms with Crippen molar-refractivity contribution in [2.24, 2.45) is 5.92 Å². The molecule has 1 aromatic carbocycles. The summed E-state index contributed by atoms with van der Waals surface area (Å²) in [6, 6.07) is 11.8. The Hall–Kier alpha value is -2.99. The van der Waals surface area contributed by atoms with E-state index in [2.05, 4.69) is 20.3 Å². The van der Waals surface area contributed by atoms with Crippen molar-refractivity contribution >= 4 is 23.3 Å². The lowest BCUT2D eigenvalue weighted by Crippen LogP contribution is -2.27. The van der Waals surface area contributed by atoms with Crippen molar-refractivity contribution in [1.82, 2.24) is 15.0 Å². The van der Waals surface area contributed by atoms with E-state index in [0.29, 0.717) is 35.4 Å². The minimum absolute atomic E-state index is 0.0754. The van der Waals surface area contributed by atoms with Crippen molar-refractivity contribution in [2.45, 2.75) is 32.6 Å². The van der Waals surface area contributed by atoms with E-state index in [4.69, 9.17) is 16.3 Å². The fourth-order valence-electron chi connectivity index (χ4n) is 3.72. The van der Waals surface area contributed by atoms with E-state index >= 15 is 0 Å². The second kappa shape index (κ2) is 8.03. The molecule has 4 rings (SSSR count). The summed E-state index contributed by atoms with van der Waals surface area (Å²) in [7, 11) is 0. The molecule has 0 aliphatic heterocycles. The summed E-state index contributed by atoms with van der Waals surface area (Å²) in [5.41, 5.74) is 2.33. The SMILES string of the molecule is Cc1ncc(OC[C@@]2(c3ccccc3)C[C@H]2C(=O)Nc2cc(C)c(Cl)cn2)c(C)n1. The minimum Gasteiger partial charge on any atom is -0.489 e. The maximum Gasteiger partial charge on any atom is 0.229 e. The standard InChI is InChI=1S/C23H23ClN4O2/c1-14-9-21(26-11-19(14)24)28-22(29)18-10-23(18,17-7-5-4-6-8-17)13-30-20-12-25-16(3)27-15(20)2/h4-9,11-12,18H,10,13H2,1-3H3,(H,26,28,29)/t18-,23+/m0/s1. The van der Waals surface area contributed by atoms with Gasteiger partial charge in [0.05, 0.1) is 29.4 Å². The van der Waals surface area contributed by atoms with E-state index in [1.807, 2.05) is 51.1 Å². The van der Waals surface area contributed by atoms with Crippen LogP contribution in [0.15, 0.2) is 48.8 Å². The second-order valence-electron chi connectivity index (χ2n) is 7.74. The van der Waals surface area contributed by atoms with Crippen molar-refractivity contribution in [3.8, 4) is 5.75 Å². The largest absolute Gasteiger partial charge is 0.489 e. The molecule has 2 atom stereocenters. The lowest BCUT2D eigenvalue weighted by molar-refractivity contribution is -0.117. The highest BCUT2D eigenvalue weighted by atomic mass is 35.5. The summed E-state index contributed by atoms with van der Waals surface area (Å²) >= 11 is 6.04. The molecule has 6 nitrogen and oxygen atoms in total. The van der Waals surface area contributed by atoms with E-state index in [-0.39, 0.29) is 11.8 Å². The molecule has 2 heterocycles. The van der Waals surface area contributed by atoms with Gasteiger partial charge in [0.25, 0.3) is 0 Å². The zero-order valence-electron chi connectivity index (χ0n) is 17.1. The molecule has 1 amide bonds. The number of rotatable bonds is 6. The summed E-state index contributed by atoms with van der Waals surface area (Å²) in [6.45, 7) is 5.99. The molecule has 1 aliphatic carbocycles. The first-order valence-electron chi connectivity index (χ1n) is 9.80. The number of benzene rings is 1. The van der Waals surface area contributed by atoms with Gasteiger partial charge in [-0.3, -0.25) is 4.79 Å². The van der Waals surface area contributed by atoms with Crippen LogP contribution in [0.5, 0.6) is 5.75 Å². The van der Waals surface area contributed by atoms with Crippen LogP contribution in [0.1, 0.15) is 29.1 Å². The summed E-state index contributed by atoms with van der Waals surface area (Å²) in [6.07, 6.45) is 3.93. The van der Waals surface area contributed by atoms with Gasteiger partial charge in [0.15, 0.2) is 5.75 Å². The lowest BCUT2D eigenvalue weighted by atomic mass is 9.93. The zero-order valence-corrected chi connectivity index (χ0v) is 17.9. The quantitative estimate of drug-likeness (QED) is 0.636. The van der Waals surface area contributed by atoms with Crippen molar-refractivity contribution in [3.05, 3.63) is 76.5 Å². The number of pyridine rings is 1. The average molecular weight is 423 g/mol. The van der Waals surface area contributed by atoms with Gasteiger partial charge >= 0.3 is 0 Å². The van der Waals surface area contributed by atoms with Crippen LogP contribution in [0.2, 0.25) is 5.02 Å². The highest BCUT2D eigenvalue weighted by Gasteiger charge is 2.60. The fraction of sp³-hybridized carbons (Fsp3) is 0.304. The number of carbonyl (C=O) groups is 1. The highest BCUT2D eigenvalue weighted by molar-refractivity contribution is 6.31. The fourth-order valence-corrected chi connectivity index (χ4v) is 3.83. The number of nitrogens with one attached hydrogen (secondary N) is 1.